The first-order valence-electron chi connectivity index (χ1n) is 11.2. The molecule has 0 saturated heterocycles. The highest BCUT2D eigenvalue weighted by Gasteiger charge is 2.13. The van der Waals surface area contributed by atoms with Crippen LogP contribution in [0.5, 0.6) is 5.75 Å². The third-order valence-electron chi connectivity index (χ3n) is 5.59. The Bertz CT molecular complexity index is 1080. The number of rotatable bonds is 11. The fourth-order valence-electron chi connectivity index (χ4n) is 3.81. The predicted octanol–water partition coefficient (Wildman–Crippen LogP) is 5.56. The molecule has 0 fully saturated rings. The van der Waals surface area contributed by atoms with Crippen LogP contribution < -0.4 is 10.3 Å². The van der Waals surface area contributed by atoms with Crippen LogP contribution in [-0.4, -0.2) is 22.4 Å². The third kappa shape index (κ3) is 5.81. The molecule has 1 aromatic heterocycles. The summed E-state index contributed by atoms with van der Waals surface area (Å²) < 4.78 is 6.95. The fourth-order valence-corrected chi connectivity index (χ4v) is 3.81. The number of ether oxygens (including phenoxy) is 1. The van der Waals surface area contributed by atoms with Crippen molar-refractivity contribution in [2.75, 3.05) is 7.11 Å². The molecule has 164 valence electrons. The molecule has 0 saturated carbocycles. The molecule has 2 aromatic carbocycles. The van der Waals surface area contributed by atoms with Crippen LogP contribution in [0.2, 0.25) is 0 Å². The SMILES string of the molecule is CCCCCC(=O)CCCCc1nc2cc(C)ccc2c(=O)n1-c1ccc(OC)cc1. The van der Waals surface area contributed by atoms with E-state index in [9.17, 15) is 9.59 Å². The second-order valence-electron chi connectivity index (χ2n) is 8.09. The van der Waals surface area contributed by atoms with Gasteiger partial charge in [0.1, 0.15) is 17.4 Å². The zero-order valence-corrected chi connectivity index (χ0v) is 18.8. The number of unbranched alkanes of at least 4 members (excludes halogenated alkanes) is 3. The molecule has 0 aliphatic rings. The van der Waals surface area contributed by atoms with Crippen LogP contribution in [0, 0.1) is 6.92 Å². The van der Waals surface area contributed by atoms with E-state index < -0.39 is 0 Å². The minimum absolute atomic E-state index is 0.0687. The van der Waals surface area contributed by atoms with Crippen molar-refractivity contribution in [2.45, 2.75) is 65.2 Å². The Hall–Kier alpha value is -2.95. The van der Waals surface area contributed by atoms with E-state index in [0.29, 0.717) is 30.4 Å². The number of carbonyl (C=O) groups excluding carboxylic acids is 1. The van der Waals surface area contributed by atoms with Crippen LogP contribution in [0.4, 0.5) is 0 Å². The van der Waals surface area contributed by atoms with Gasteiger partial charge in [0, 0.05) is 19.3 Å². The smallest absolute Gasteiger partial charge is 0.265 e. The van der Waals surface area contributed by atoms with E-state index in [4.69, 9.17) is 9.72 Å². The maximum Gasteiger partial charge on any atom is 0.265 e. The standard InChI is InChI=1S/C26H32N2O3/c1-4-5-6-9-21(29)10-7-8-11-25-27-24-18-19(2)12-17-23(24)26(30)28(25)20-13-15-22(31-3)16-14-20/h12-18H,4-11H2,1-3H3. The lowest BCUT2D eigenvalue weighted by atomic mass is 10.1. The van der Waals surface area contributed by atoms with Crippen LogP contribution in [0.1, 0.15) is 63.3 Å². The minimum Gasteiger partial charge on any atom is -0.497 e. The van der Waals surface area contributed by atoms with Gasteiger partial charge in [0.2, 0.25) is 0 Å². The molecule has 0 unspecified atom stereocenters. The Kier molecular flexibility index (Phi) is 7.99. The van der Waals surface area contributed by atoms with Crippen molar-refractivity contribution in [3.63, 3.8) is 0 Å². The average Bonchev–Trinajstić information content (AvgIpc) is 2.77. The Balaban J connectivity index is 1.84. The molecule has 31 heavy (non-hydrogen) atoms. The number of hydrogen-bond donors (Lipinski definition) is 0. The first-order chi connectivity index (χ1) is 15.0. The summed E-state index contributed by atoms with van der Waals surface area (Å²) in [6.45, 7) is 4.14. The summed E-state index contributed by atoms with van der Waals surface area (Å²) in [5.41, 5.74) is 2.50. The van der Waals surface area contributed by atoms with E-state index in [1.807, 2.05) is 49.4 Å². The predicted molar refractivity (Wildman–Crippen MR) is 125 cm³/mol. The summed E-state index contributed by atoms with van der Waals surface area (Å²) in [5.74, 6) is 1.80. The molecule has 3 aromatic rings. The van der Waals surface area contributed by atoms with E-state index in [1.54, 1.807) is 11.7 Å². The second-order valence-corrected chi connectivity index (χ2v) is 8.09. The summed E-state index contributed by atoms with van der Waals surface area (Å²) >= 11 is 0. The van der Waals surface area contributed by atoms with Gasteiger partial charge in [-0.15, -0.1) is 0 Å². The summed E-state index contributed by atoms with van der Waals surface area (Å²) in [6, 6.07) is 13.2. The topological polar surface area (TPSA) is 61.2 Å². The molecule has 0 amide bonds. The number of methoxy groups -OCH3 is 1. The van der Waals surface area contributed by atoms with Gasteiger partial charge in [0.15, 0.2) is 0 Å². The summed E-state index contributed by atoms with van der Waals surface area (Å²) in [6.07, 6.45) is 6.78. The average molecular weight is 421 g/mol. The molecule has 0 radical (unpaired) electrons. The molecule has 3 rings (SSSR count). The number of carbonyl (C=O) groups is 1. The van der Waals surface area contributed by atoms with Crippen LogP contribution in [-0.2, 0) is 11.2 Å². The number of Topliss-reactive ketones (excluding diaryl/α,β-unsaturated/α-hetero) is 1. The van der Waals surface area contributed by atoms with Gasteiger partial charge in [-0.25, -0.2) is 4.98 Å². The molecule has 0 atom stereocenters. The van der Waals surface area contributed by atoms with Crippen molar-refractivity contribution in [1.29, 1.82) is 0 Å². The van der Waals surface area contributed by atoms with Crippen molar-refractivity contribution in [1.82, 2.24) is 9.55 Å². The van der Waals surface area contributed by atoms with Gasteiger partial charge in [0.25, 0.3) is 5.56 Å². The van der Waals surface area contributed by atoms with E-state index in [0.717, 1.165) is 60.4 Å². The molecule has 0 N–H and O–H groups in total. The fraction of sp³-hybridized carbons (Fsp3) is 0.423. The van der Waals surface area contributed by atoms with Crippen LogP contribution in [0.25, 0.3) is 16.6 Å². The Morgan fingerprint density at radius 2 is 1.71 bits per heavy atom. The maximum atomic E-state index is 13.3. The molecule has 0 bridgehead atoms. The van der Waals surface area contributed by atoms with Crippen LogP contribution in [0.15, 0.2) is 47.3 Å². The Morgan fingerprint density at radius 3 is 2.39 bits per heavy atom. The summed E-state index contributed by atoms with van der Waals surface area (Å²) in [5, 5.41) is 0.608. The number of benzene rings is 2. The largest absolute Gasteiger partial charge is 0.497 e. The summed E-state index contributed by atoms with van der Waals surface area (Å²) in [7, 11) is 1.62. The van der Waals surface area contributed by atoms with Crippen molar-refractivity contribution >= 4 is 16.7 Å². The molecule has 5 heteroatoms. The van der Waals surface area contributed by atoms with Crippen molar-refractivity contribution < 1.29 is 9.53 Å². The zero-order valence-electron chi connectivity index (χ0n) is 18.8. The highest BCUT2D eigenvalue weighted by atomic mass is 16.5. The van der Waals surface area contributed by atoms with Gasteiger partial charge in [-0.05, 0) is 68.1 Å². The van der Waals surface area contributed by atoms with E-state index in [-0.39, 0.29) is 5.56 Å². The molecule has 0 aliphatic carbocycles. The number of nitrogens with zero attached hydrogens (tertiary/aromatic N) is 2. The van der Waals surface area contributed by atoms with Crippen molar-refractivity contribution in [2.24, 2.45) is 0 Å². The van der Waals surface area contributed by atoms with Gasteiger partial charge >= 0.3 is 0 Å². The third-order valence-corrected chi connectivity index (χ3v) is 5.59. The first kappa shape index (κ1) is 22.7. The minimum atomic E-state index is -0.0687. The lowest BCUT2D eigenvalue weighted by Crippen LogP contribution is -2.24. The number of aryl methyl sites for hydroxylation is 2. The number of fused-ring (bicyclic) bond motifs is 1. The number of ketones is 1. The van der Waals surface area contributed by atoms with E-state index in [1.165, 1.54) is 0 Å². The lowest BCUT2D eigenvalue weighted by Gasteiger charge is -2.14. The normalized spacial score (nSPS) is 11.1. The van der Waals surface area contributed by atoms with Crippen molar-refractivity contribution in [3.8, 4) is 11.4 Å². The quantitative estimate of drug-likeness (QED) is 0.381. The van der Waals surface area contributed by atoms with Crippen LogP contribution >= 0.6 is 0 Å². The molecule has 0 aliphatic heterocycles. The van der Waals surface area contributed by atoms with E-state index >= 15 is 0 Å². The Labute approximate surface area is 184 Å². The van der Waals surface area contributed by atoms with E-state index in [2.05, 4.69) is 6.92 Å². The zero-order chi connectivity index (χ0) is 22.2. The van der Waals surface area contributed by atoms with Crippen LogP contribution in [0.3, 0.4) is 0 Å². The first-order valence-corrected chi connectivity index (χ1v) is 11.2. The molecule has 1 heterocycles. The second kappa shape index (κ2) is 10.9. The Morgan fingerprint density at radius 1 is 1.00 bits per heavy atom. The van der Waals surface area contributed by atoms with Crippen molar-refractivity contribution in [3.05, 3.63) is 64.2 Å². The molecule has 0 spiro atoms. The summed E-state index contributed by atoms with van der Waals surface area (Å²) in [4.78, 5) is 30.2. The van der Waals surface area contributed by atoms with Gasteiger partial charge in [-0.1, -0.05) is 25.8 Å². The van der Waals surface area contributed by atoms with Gasteiger partial charge in [0.05, 0.1) is 23.7 Å². The molecular weight excluding hydrogens is 388 g/mol. The highest BCUT2D eigenvalue weighted by Crippen LogP contribution is 2.19. The number of hydrogen-bond acceptors (Lipinski definition) is 4. The number of aromatic nitrogens is 2. The molecule has 5 nitrogen and oxygen atoms in total. The monoisotopic (exact) mass is 420 g/mol. The maximum absolute atomic E-state index is 13.3. The van der Waals surface area contributed by atoms with Gasteiger partial charge in [-0.2, -0.15) is 0 Å². The highest BCUT2D eigenvalue weighted by molar-refractivity contribution is 5.79. The lowest BCUT2D eigenvalue weighted by molar-refractivity contribution is -0.119. The van der Waals surface area contributed by atoms with Gasteiger partial charge in [-0.3, -0.25) is 14.2 Å². The van der Waals surface area contributed by atoms with Gasteiger partial charge < -0.3 is 4.74 Å². The molecular formula is C26H32N2O3.